The highest BCUT2D eigenvalue weighted by atomic mass is 16.5. The molecule has 2 amide bonds. The predicted molar refractivity (Wildman–Crippen MR) is 112 cm³/mol. The number of hydrogen-bond donors (Lipinski definition) is 2. The number of amides is 2. The van der Waals surface area contributed by atoms with E-state index in [-0.39, 0.29) is 24.7 Å². The summed E-state index contributed by atoms with van der Waals surface area (Å²) in [5.41, 5.74) is 7.52. The van der Waals surface area contributed by atoms with E-state index in [1.54, 1.807) is 30.5 Å². The minimum atomic E-state index is -0.305. The van der Waals surface area contributed by atoms with Gasteiger partial charge in [-0.05, 0) is 63.1 Å². The minimum absolute atomic E-state index is 0.0616. The Morgan fingerprint density at radius 1 is 1.00 bits per heavy atom. The minimum Gasteiger partial charge on any atom is -0.494 e. The number of hydrazone groups is 1. The zero-order valence-electron chi connectivity index (χ0n) is 16.8. The van der Waals surface area contributed by atoms with Crippen LogP contribution in [-0.2, 0) is 9.59 Å². The smallest absolute Gasteiger partial charge is 0.240 e. The number of aryl methyl sites for hydroxylation is 3. The third-order valence-corrected chi connectivity index (χ3v) is 4.15. The molecule has 6 heteroatoms. The Morgan fingerprint density at radius 2 is 1.61 bits per heavy atom. The molecule has 0 fully saturated rings. The van der Waals surface area contributed by atoms with Crippen molar-refractivity contribution in [2.24, 2.45) is 5.10 Å². The Kier molecular flexibility index (Phi) is 7.75. The van der Waals surface area contributed by atoms with E-state index in [0.717, 1.165) is 22.4 Å². The van der Waals surface area contributed by atoms with Gasteiger partial charge in [0.25, 0.3) is 0 Å². The van der Waals surface area contributed by atoms with Gasteiger partial charge in [0.05, 0.1) is 12.8 Å². The maximum Gasteiger partial charge on any atom is 0.240 e. The number of anilines is 1. The molecule has 0 radical (unpaired) electrons. The van der Waals surface area contributed by atoms with Crippen molar-refractivity contribution in [1.82, 2.24) is 5.43 Å². The van der Waals surface area contributed by atoms with Crippen molar-refractivity contribution >= 4 is 23.7 Å². The molecule has 148 valence electrons. The molecule has 0 atom stereocenters. The molecule has 0 bridgehead atoms. The average Bonchev–Trinajstić information content (AvgIpc) is 2.64. The monoisotopic (exact) mass is 381 g/mol. The summed E-state index contributed by atoms with van der Waals surface area (Å²) in [6, 6.07) is 11.2. The lowest BCUT2D eigenvalue weighted by molar-refractivity contribution is -0.124. The normalized spacial score (nSPS) is 10.7. The highest BCUT2D eigenvalue weighted by Gasteiger charge is 2.07. The Hall–Kier alpha value is -3.15. The molecule has 0 aromatic heterocycles. The predicted octanol–water partition coefficient (Wildman–Crippen LogP) is 3.88. The van der Waals surface area contributed by atoms with Crippen LogP contribution in [0, 0.1) is 20.8 Å². The van der Waals surface area contributed by atoms with Crippen LogP contribution < -0.4 is 15.5 Å². The van der Waals surface area contributed by atoms with E-state index in [1.807, 2.05) is 27.7 Å². The van der Waals surface area contributed by atoms with Crippen molar-refractivity contribution in [3.8, 4) is 5.75 Å². The van der Waals surface area contributed by atoms with E-state index in [9.17, 15) is 9.59 Å². The van der Waals surface area contributed by atoms with Crippen molar-refractivity contribution < 1.29 is 14.3 Å². The van der Waals surface area contributed by atoms with E-state index in [2.05, 4.69) is 28.0 Å². The molecule has 6 nitrogen and oxygen atoms in total. The second kappa shape index (κ2) is 10.3. The van der Waals surface area contributed by atoms with E-state index < -0.39 is 0 Å². The van der Waals surface area contributed by atoms with Crippen molar-refractivity contribution in [1.29, 1.82) is 0 Å². The third kappa shape index (κ3) is 6.54. The average molecular weight is 381 g/mol. The molecule has 28 heavy (non-hydrogen) atoms. The largest absolute Gasteiger partial charge is 0.494 e. The maximum absolute atomic E-state index is 12.0. The van der Waals surface area contributed by atoms with Crippen LogP contribution in [0.3, 0.4) is 0 Å². The van der Waals surface area contributed by atoms with Crippen LogP contribution >= 0.6 is 0 Å². The lowest BCUT2D eigenvalue weighted by Crippen LogP contribution is -2.20. The Morgan fingerprint density at radius 3 is 2.21 bits per heavy atom. The van der Waals surface area contributed by atoms with E-state index in [1.165, 1.54) is 5.56 Å². The molecular weight excluding hydrogens is 354 g/mol. The summed E-state index contributed by atoms with van der Waals surface area (Å²) in [5.74, 6) is 0.214. The second-order valence-corrected chi connectivity index (χ2v) is 6.61. The van der Waals surface area contributed by atoms with Gasteiger partial charge >= 0.3 is 0 Å². The van der Waals surface area contributed by atoms with Crippen LogP contribution in [0.2, 0.25) is 0 Å². The molecule has 0 aliphatic carbocycles. The molecule has 0 saturated heterocycles. The highest BCUT2D eigenvalue weighted by Crippen LogP contribution is 2.16. The second-order valence-electron chi connectivity index (χ2n) is 6.61. The first-order valence-corrected chi connectivity index (χ1v) is 9.31. The van der Waals surface area contributed by atoms with Gasteiger partial charge in [-0.3, -0.25) is 9.59 Å². The summed E-state index contributed by atoms with van der Waals surface area (Å²) in [6.07, 6.45) is 1.78. The molecule has 2 aromatic rings. The molecule has 0 saturated carbocycles. The number of ether oxygens (including phenoxy) is 1. The van der Waals surface area contributed by atoms with Crippen LogP contribution in [0.25, 0.3) is 0 Å². The first kappa shape index (κ1) is 21.2. The quantitative estimate of drug-likeness (QED) is 0.538. The summed E-state index contributed by atoms with van der Waals surface area (Å²) < 4.78 is 5.36. The number of nitrogens with zero attached hydrogens (tertiary/aromatic N) is 1. The lowest BCUT2D eigenvalue weighted by atomic mass is 10.0. The fourth-order valence-electron chi connectivity index (χ4n) is 2.87. The highest BCUT2D eigenvalue weighted by molar-refractivity contribution is 5.93. The topological polar surface area (TPSA) is 79.8 Å². The number of carbonyl (C=O) groups excluding carboxylic acids is 2. The number of hydrogen-bond acceptors (Lipinski definition) is 4. The number of carbonyl (C=O) groups is 2. The molecule has 2 aromatic carbocycles. The fourth-order valence-corrected chi connectivity index (χ4v) is 2.87. The maximum atomic E-state index is 12.0. The summed E-state index contributed by atoms with van der Waals surface area (Å²) in [4.78, 5) is 23.9. The van der Waals surface area contributed by atoms with Gasteiger partial charge in [0, 0.05) is 24.1 Å². The summed E-state index contributed by atoms with van der Waals surface area (Å²) in [5, 5.41) is 6.77. The molecule has 0 aliphatic heterocycles. The molecule has 0 spiro atoms. The molecule has 2 rings (SSSR count). The van der Waals surface area contributed by atoms with Crippen LogP contribution in [0.15, 0.2) is 41.5 Å². The molecule has 0 heterocycles. The number of rotatable bonds is 8. The van der Waals surface area contributed by atoms with E-state index in [0.29, 0.717) is 12.3 Å². The van der Waals surface area contributed by atoms with E-state index in [4.69, 9.17) is 4.74 Å². The van der Waals surface area contributed by atoms with Gasteiger partial charge < -0.3 is 10.1 Å². The standard InChI is InChI=1S/C22H27N3O3/c1-5-28-19-8-6-18(7-9-19)24-21(26)10-11-22(27)25-23-14-20-16(3)12-15(2)13-17(20)4/h6-9,12-14H,5,10-11H2,1-4H3,(H,24,26)(H,25,27). The Balaban J connectivity index is 1.78. The van der Waals surface area contributed by atoms with E-state index >= 15 is 0 Å². The van der Waals surface area contributed by atoms with Gasteiger partial charge in [0.1, 0.15) is 5.75 Å². The third-order valence-electron chi connectivity index (χ3n) is 4.15. The Bertz CT molecular complexity index is 835. The summed E-state index contributed by atoms with van der Waals surface area (Å²) >= 11 is 0. The van der Waals surface area contributed by atoms with Crippen molar-refractivity contribution in [3.05, 3.63) is 58.7 Å². The van der Waals surface area contributed by atoms with Gasteiger partial charge in [0.15, 0.2) is 0 Å². The van der Waals surface area contributed by atoms with Crippen LogP contribution in [-0.4, -0.2) is 24.6 Å². The molecule has 2 N–H and O–H groups in total. The lowest BCUT2D eigenvalue weighted by Gasteiger charge is -2.07. The fraction of sp³-hybridized carbons (Fsp3) is 0.318. The van der Waals surface area contributed by atoms with Crippen molar-refractivity contribution in [2.75, 3.05) is 11.9 Å². The van der Waals surface area contributed by atoms with Crippen LogP contribution in [0.5, 0.6) is 5.75 Å². The molecular formula is C22H27N3O3. The molecule has 0 unspecified atom stereocenters. The molecule has 0 aliphatic rings. The number of nitrogens with one attached hydrogen (secondary N) is 2. The van der Waals surface area contributed by atoms with Gasteiger partial charge in [-0.1, -0.05) is 17.7 Å². The van der Waals surface area contributed by atoms with Gasteiger partial charge in [-0.2, -0.15) is 5.10 Å². The van der Waals surface area contributed by atoms with Gasteiger partial charge in [0.2, 0.25) is 11.8 Å². The zero-order valence-corrected chi connectivity index (χ0v) is 16.8. The summed E-state index contributed by atoms with van der Waals surface area (Å²) in [6.45, 7) is 8.56. The SMILES string of the molecule is CCOc1ccc(NC(=O)CCC(=O)NN=Cc2c(C)cc(C)cc2C)cc1. The Labute approximate surface area is 166 Å². The van der Waals surface area contributed by atoms with Crippen LogP contribution in [0.4, 0.5) is 5.69 Å². The number of benzene rings is 2. The zero-order chi connectivity index (χ0) is 20.5. The first-order valence-electron chi connectivity index (χ1n) is 9.31. The van der Waals surface area contributed by atoms with Crippen molar-refractivity contribution in [2.45, 2.75) is 40.5 Å². The summed E-state index contributed by atoms with van der Waals surface area (Å²) in [7, 11) is 0. The van der Waals surface area contributed by atoms with Crippen molar-refractivity contribution in [3.63, 3.8) is 0 Å². The van der Waals surface area contributed by atoms with Gasteiger partial charge in [-0.25, -0.2) is 5.43 Å². The van der Waals surface area contributed by atoms with Gasteiger partial charge in [-0.15, -0.1) is 0 Å². The van der Waals surface area contributed by atoms with Crippen LogP contribution in [0.1, 0.15) is 42.0 Å². The first-order chi connectivity index (χ1) is 13.4.